The molecule has 4 nitrogen and oxygen atoms in total. The third kappa shape index (κ3) is 3.51. The number of nitrogens with zero attached hydrogens (tertiary/aromatic N) is 1. The molecule has 0 bridgehead atoms. The van der Waals surface area contributed by atoms with E-state index >= 15 is 0 Å². The van der Waals surface area contributed by atoms with Gasteiger partial charge in [0.2, 0.25) is 5.43 Å². The lowest BCUT2D eigenvalue weighted by Gasteiger charge is -2.28. The molecule has 0 aliphatic rings. The number of carbonyl (C=O) groups excluding carboxylic acids is 1. The van der Waals surface area contributed by atoms with E-state index in [4.69, 9.17) is 0 Å². The Hall–Kier alpha value is -2.40. The summed E-state index contributed by atoms with van der Waals surface area (Å²) in [5.74, 6) is -0.217. The summed E-state index contributed by atoms with van der Waals surface area (Å²) in [7, 11) is 0. The second-order valence-corrected chi connectivity index (χ2v) is 7.18. The smallest absolute Gasteiger partial charge is 0.259 e. The highest BCUT2D eigenvalue weighted by Crippen LogP contribution is 2.17. The summed E-state index contributed by atoms with van der Waals surface area (Å²) in [6.45, 7) is 6.52. The van der Waals surface area contributed by atoms with Crippen molar-refractivity contribution < 1.29 is 4.79 Å². The van der Waals surface area contributed by atoms with Crippen LogP contribution in [0.1, 0.15) is 41.8 Å². The molecule has 5 heteroatoms. The van der Waals surface area contributed by atoms with Crippen LogP contribution in [0.5, 0.6) is 0 Å². The van der Waals surface area contributed by atoms with Crippen molar-refractivity contribution in [1.82, 2.24) is 9.88 Å². The van der Waals surface area contributed by atoms with E-state index in [1.165, 1.54) is 0 Å². The van der Waals surface area contributed by atoms with E-state index in [1.54, 1.807) is 22.4 Å². The molecule has 130 valence electrons. The molecule has 1 N–H and O–H groups in total. The maximum Gasteiger partial charge on any atom is 0.259 e. The van der Waals surface area contributed by atoms with E-state index in [1.807, 2.05) is 55.8 Å². The zero-order chi connectivity index (χ0) is 18.0. The highest BCUT2D eigenvalue weighted by atomic mass is 32.1. The molecule has 25 heavy (non-hydrogen) atoms. The van der Waals surface area contributed by atoms with Gasteiger partial charge in [0, 0.05) is 29.7 Å². The second-order valence-electron chi connectivity index (χ2n) is 6.40. The molecule has 2 heterocycles. The molecule has 2 aromatic heterocycles. The Bertz CT molecular complexity index is 944. The van der Waals surface area contributed by atoms with Crippen LogP contribution in [0.25, 0.3) is 10.9 Å². The lowest BCUT2D eigenvalue weighted by Crippen LogP contribution is -2.39. The first-order valence-corrected chi connectivity index (χ1v) is 9.39. The van der Waals surface area contributed by atoms with Gasteiger partial charge >= 0.3 is 0 Å². The number of fused-ring (bicyclic) bond motifs is 1. The topological polar surface area (TPSA) is 53.2 Å². The standard InChI is InChI=1S/C20H22N2O2S/c1-4-14(3)22(11-15-7-8-25-12-15)20(24)17-10-21-18-6-5-13(2)9-16(18)19(17)23/h5-10,12,14H,4,11H2,1-3H3,(H,21,23)/t14-/m1/s1. The largest absolute Gasteiger partial charge is 0.360 e. The number of nitrogens with one attached hydrogen (secondary N) is 1. The van der Waals surface area contributed by atoms with E-state index in [2.05, 4.69) is 4.98 Å². The summed E-state index contributed by atoms with van der Waals surface area (Å²) >= 11 is 1.61. The van der Waals surface area contributed by atoms with E-state index in [9.17, 15) is 9.59 Å². The average molecular weight is 354 g/mol. The number of hydrogen-bond donors (Lipinski definition) is 1. The molecule has 0 saturated carbocycles. The molecule has 0 fully saturated rings. The van der Waals surface area contributed by atoms with Gasteiger partial charge in [0.1, 0.15) is 5.56 Å². The maximum absolute atomic E-state index is 13.1. The average Bonchev–Trinajstić information content (AvgIpc) is 3.12. The number of aromatic amines is 1. The summed E-state index contributed by atoms with van der Waals surface area (Å²) in [6.07, 6.45) is 2.38. The first-order chi connectivity index (χ1) is 12.0. The highest BCUT2D eigenvalue weighted by Gasteiger charge is 2.24. The summed E-state index contributed by atoms with van der Waals surface area (Å²) in [6, 6.07) is 7.72. The van der Waals surface area contributed by atoms with E-state index in [0.29, 0.717) is 11.9 Å². The van der Waals surface area contributed by atoms with Crippen LogP contribution < -0.4 is 5.43 Å². The van der Waals surface area contributed by atoms with Gasteiger partial charge in [-0.2, -0.15) is 11.3 Å². The minimum Gasteiger partial charge on any atom is -0.360 e. The first kappa shape index (κ1) is 17.4. The molecule has 0 aliphatic carbocycles. The van der Waals surface area contributed by atoms with Gasteiger partial charge in [0.15, 0.2) is 0 Å². The molecule has 0 aliphatic heterocycles. The molecule has 3 aromatic rings. The normalized spacial score (nSPS) is 12.3. The summed E-state index contributed by atoms with van der Waals surface area (Å²) in [5.41, 5.74) is 2.83. The predicted molar refractivity (Wildman–Crippen MR) is 103 cm³/mol. The van der Waals surface area contributed by atoms with Gasteiger partial charge in [-0.15, -0.1) is 0 Å². The van der Waals surface area contributed by atoms with Crippen molar-refractivity contribution in [2.24, 2.45) is 0 Å². The Morgan fingerprint density at radius 1 is 1.32 bits per heavy atom. The molecule has 1 amide bonds. The summed E-state index contributed by atoms with van der Waals surface area (Å²) in [5, 5.41) is 4.60. The Balaban J connectivity index is 2.03. The zero-order valence-corrected chi connectivity index (χ0v) is 15.5. The number of rotatable bonds is 5. The van der Waals surface area contributed by atoms with Crippen LogP contribution in [0, 0.1) is 6.92 Å². The van der Waals surface area contributed by atoms with E-state index < -0.39 is 0 Å². The van der Waals surface area contributed by atoms with Crippen molar-refractivity contribution in [1.29, 1.82) is 0 Å². The molecule has 0 saturated heterocycles. The van der Waals surface area contributed by atoms with Crippen LogP contribution in [-0.4, -0.2) is 21.8 Å². The molecule has 0 unspecified atom stereocenters. The fourth-order valence-electron chi connectivity index (χ4n) is 2.87. The zero-order valence-electron chi connectivity index (χ0n) is 14.7. The highest BCUT2D eigenvalue weighted by molar-refractivity contribution is 7.07. The van der Waals surface area contributed by atoms with Crippen molar-refractivity contribution in [3.63, 3.8) is 0 Å². The minimum atomic E-state index is -0.217. The third-order valence-electron chi connectivity index (χ3n) is 4.58. The van der Waals surface area contributed by atoms with Crippen LogP contribution >= 0.6 is 11.3 Å². The Morgan fingerprint density at radius 2 is 2.12 bits per heavy atom. The minimum absolute atomic E-state index is 0.0556. The number of thiophene rings is 1. The molecule has 0 radical (unpaired) electrons. The van der Waals surface area contributed by atoms with Gasteiger partial charge in [-0.3, -0.25) is 9.59 Å². The van der Waals surface area contributed by atoms with Gasteiger partial charge in [0.25, 0.3) is 5.91 Å². The first-order valence-electron chi connectivity index (χ1n) is 8.45. The van der Waals surface area contributed by atoms with Crippen molar-refractivity contribution in [2.45, 2.75) is 39.8 Å². The lowest BCUT2D eigenvalue weighted by molar-refractivity contribution is 0.0670. The Morgan fingerprint density at radius 3 is 2.80 bits per heavy atom. The molecule has 0 spiro atoms. The number of pyridine rings is 1. The quantitative estimate of drug-likeness (QED) is 0.741. The molecule has 3 rings (SSSR count). The Labute approximate surface area is 151 Å². The van der Waals surface area contributed by atoms with Crippen molar-refractivity contribution in [2.75, 3.05) is 0 Å². The summed E-state index contributed by atoms with van der Waals surface area (Å²) < 4.78 is 0. The van der Waals surface area contributed by atoms with Gasteiger partial charge in [-0.05, 0) is 54.8 Å². The number of H-pyrrole nitrogens is 1. The number of carbonyl (C=O) groups is 1. The number of amides is 1. The Kier molecular flexibility index (Phi) is 5.04. The van der Waals surface area contributed by atoms with Gasteiger partial charge in [0.05, 0.1) is 0 Å². The fourth-order valence-corrected chi connectivity index (χ4v) is 3.53. The molecular formula is C20H22N2O2S. The molecule has 1 atom stereocenters. The molecule has 1 aromatic carbocycles. The van der Waals surface area contributed by atoms with Crippen LogP contribution in [0.2, 0.25) is 0 Å². The van der Waals surface area contributed by atoms with Crippen molar-refractivity contribution >= 4 is 28.1 Å². The monoisotopic (exact) mass is 354 g/mol. The van der Waals surface area contributed by atoms with Gasteiger partial charge in [-0.1, -0.05) is 18.6 Å². The number of hydrogen-bond acceptors (Lipinski definition) is 3. The summed E-state index contributed by atoms with van der Waals surface area (Å²) in [4.78, 5) is 30.9. The number of benzene rings is 1. The van der Waals surface area contributed by atoms with Crippen LogP contribution in [-0.2, 0) is 6.54 Å². The van der Waals surface area contributed by atoms with E-state index in [-0.39, 0.29) is 22.9 Å². The number of aryl methyl sites for hydroxylation is 1. The van der Waals surface area contributed by atoms with Crippen molar-refractivity contribution in [3.8, 4) is 0 Å². The maximum atomic E-state index is 13.1. The second kappa shape index (κ2) is 7.23. The van der Waals surface area contributed by atoms with Crippen LogP contribution in [0.3, 0.4) is 0 Å². The van der Waals surface area contributed by atoms with Crippen molar-refractivity contribution in [3.05, 3.63) is 68.1 Å². The molecular weight excluding hydrogens is 332 g/mol. The predicted octanol–water partition coefficient (Wildman–Crippen LogP) is 4.34. The lowest BCUT2D eigenvalue weighted by atomic mass is 10.1. The van der Waals surface area contributed by atoms with Gasteiger partial charge < -0.3 is 9.88 Å². The van der Waals surface area contributed by atoms with Crippen LogP contribution in [0.4, 0.5) is 0 Å². The van der Waals surface area contributed by atoms with Gasteiger partial charge in [-0.25, -0.2) is 0 Å². The SMILES string of the molecule is CC[C@@H](C)N(Cc1ccsc1)C(=O)c1c[nH]c2ccc(C)cc2c1=O. The van der Waals surface area contributed by atoms with E-state index in [0.717, 1.165) is 23.1 Å². The van der Waals surface area contributed by atoms with Crippen LogP contribution in [0.15, 0.2) is 46.0 Å². The number of aromatic nitrogens is 1. The fraction of sp³-hybridized carbons (Fsp3) is 0.300. The third-order valence-corrected chi connectivity index (χ3v) is 5.32.